The molecule has 1 aliphatic rings. The number of isocyanates is 1. The highest BCUT2D eigenvalue weighted by Gasteiger charge is 2.33. The zero-order chi connectivity index (χ0) is 11.4. The van der Waals surface area contributed by atoms with Gasteiger partial charge in [0, 0.05) is 5.69 Å². The highest BCUT2D eigenvalue weighted by Crippen LogP contribution is 2.40. The van der Waals surface area contributed by atoms with E-state index in [0.29, 0.717) is 0 Å². The highest BCUT2D eigenvalue weighted by atomic mass is 16.1. The Hall–Kier alpha value is -1.60. The first-order valence-electron chi connectivity index (χ1n) is 5.72. The van der Waals surface area contributed by atoms with Crippen molar-refractivity contribution in [3.8, 4) is 0 Å². The predicted octanol–water partition coefficient (Wildman–Crippen LogP) is 2.76. The lowest BCUT2D eigenvalue weighted by Gasteiger charge is -2.32. The summed E-state index contributed by atoms with van der Waals surface area (Å²) in [6.07, 6.45) is 7.08. The Morgan fingerprint density at radius 2 is 1.75 bits per heavy atom. The molecule has 0 heterocycles. The van der Waals surface area contributed by atoms with Crippen LogP contribution in [0.15, 0.2) is 29.3 Å². The number of nitrogens with zero attached hydrogens (tertiary/aromatic N) is 1. The van der Waals surface area contributed by atoms with E-state index in [4.69, 9.17) is 5.73 Å². The van der Waals surface area contributed by atoms with Crippen molar-refractivity contribution in [1.29, 1.82) is 0 Å². The van der Waals surface area contributed by atoms with Gasteiger partial charge in [0.15, 0.2) is 0 Å². The van der Waals surface area contributed by atoms with Gasteiger partial charge in [0.2, 0.25) is 6.08 Å². The molecule has 2 rings (SSSR count). The van der Waals surface area contributed by atoms with Crippen molar-refractivity contribution in [1.82, 2.24) is 0 Å². The van der Waals surface area contributed by atoms with Crippen LogP contribution in [-0.4, -0.2) is 6.08 Å². The molecule has 1 aliphatic carbocycles. The van der Waals surface area contributed by atoms with E-state index in [1.165, 1.54) is 6.42 Å². The van der Waals surface area contributed by atoms with Crippen LogP contribution in [0, 0.1) is 0 Å². The van der Waals surface area contributed by atoms with E-state index in [9.17, 15) is 4.79 Å². The van der Waals surface area contributed by atoms with Crippen LogP contribution in [0.1, 0.15) is 37.7 Å². The maximum absolute atomic E-state index is 10.6. The summed E-state index contributed by atoms with van der Waals surface area (Å²) in [7, 11) is 0. The average Bonchev–Trinajstić information content (AvgIpc) is 2.31. The zero-order valence-electron chi connectivity index (χ0n) is 9.28. The van der Waals surface area contributed by atoms with Gasteiger partial charge in [0.1, 0.15) is 0 Å². The fourth-order valence-electron chi connectivity index (χ4n) is 2.48. The molecule has 1 aromatic carbocycles. The van der Waals surface area contributed by atoms with Gasteiger partial charge in [-0.1, -0.05) is 31.4 Å². The molecule has 0 radical (unpaired) electrons. The first-order valence-corrected chi connectivity index (χ1v) is 5.72. The van der Waals surface area contributed by atoms with Crippen LogP contribution >= 0.6 is 0 Å². The minimum absolute atomic E-state index is 0.340. The molecule has 3 nitrogen and oxygen atoms in total. The summed E-state index contributed by atoms with van der Waals surface area (Å²) in [5, 5.41) is 0. The molecule has 16 heavy (non-hydrogen) atoms. The fraction of sp³-hybridized carbons (Fsp3) is 0.462. The van der Waals surface area contributed by atoms with Gasteiger partial charge < -0.3 is 5.73 Å². The molecule has 0 amide bonds. The maximum Gasteiger partial charge on any atom is 0.235 e. The van der Waals surface area contributed by atoms with Crippen LogP contribution in [0.2, 0.25) is 0 Å². The second kappa shape index (κ2) is 4.50. The summed E-state index contributed by atoms with van der Waals surface area (Å²) in [4.78, 5) is 14.7. The van der Waals surface area contributed by atoms with Crippen molar-refractivity contribution in [2.45, 2.75) is 37.6 Å². The SMILES string of the molecule is Nc1ccc(C2(N=C=O)CCCCC2)cc1. The molecule has 1 fully saturated rings. The zero-order valence-corrected chi connectivity index (χ0v) is 9.28. The van der Waals surface area contributed by atoms with Gasteiger partial charge in [-0.3, -0.25) is 0 Å². The molecule has 1 aromatic rings. The molecule has 0 aliphatic heterocycles. The van der Waals surface area contributed by atoms with E-state index in [1.807, 2.05) is 24.3 Å². The minimum atomic E-state index is -0.340. The molecule has 0 atom stereocenters. The standard InChI is InChI=1S/C13H16N2O/c14-12-6-4-11(5-7-12)13(15-10-16)8-2-1-3-9-13/h4-7H,1-3,8-9,14H2. The molecular weight excluding hydrogens is 200 g/mol. The molecular formula is C13H16N2O. The van der Waals surface area contributed by atoms with Crippen molar-refractivity contribution in [3.63, 3.8) is 0 Å². The van der Waals surface area contributed by atoms with Crippen LogP contribution in [0.5, 0.6) is 0 Å². The molecule has 0 saturated heterocycles. The van der Waals surface area contributed by atoms with Gasteiger partial charge in [-0.05, 0) is 30.5 Å². The van der Waals surface area contributed by atoms with E-state index in [2.05, 4.69) is 4.99 Å². The lowest BCUT2D eigenvalue weighted by molar-refractivity contribution is 0.304. The molecule has 2 N–H and O–H groups in total. The van der Waals surface area contributed by atoms with Gasteiger partial charge in [0.25, 0.3) is 0 Å². The third-order valence-corrected chi connectivity index (χ3v) is 3.39. The van der Waals surface area contributed by atoms with Crippen LogP contribution in [-0.2, 0) is 10.3 Å². The molecule has 0 unspecified atom stereocenters. The second-order valence-electron chi connectivity index (χ2n) is 4.42. The normalized spacial score (nSPS) is 18.8. The van der Waals surface area contributed by atoms with Crippen LogP contribution in [0.3, 0.4) is 0 Å². The van der Waals surface area contributed by atoms with Crippen molar-refractivity contribution >= 4 is 11.8 Å². The van der Waals surface area contributed by atoms with Crippen molar-refractivity contribution in [3.05, 3.63) is 29.8 Å². The minimum Gasteiger partial charge on any atom is -0.399 e. The molecule has 84 valence electrons. The monoisotopic (exact) mass is 216 g/mol. The first-order chi connectivity index (χ1) is 7.77. The predicted molar refractivity (Wildman–Crippen MR) is 63.7 cm³/mol. The van der Waals surface area contributed by atoms with Crippen molar-refractivity contribution in [2.24, 2.45) is 4.99 Å². The summed E-state index contributed by atoms with van der Waals surface area (Å²) in [5.74, 6) is 0. The van der Waals surface area contributed by atoms with Crippen LogP contribution in [0.25, 0.3) is 0 Å². The van der Waals surface area contributed by atoms with E-state index >= 15 is 0 Å². The largest absolute Gasteiger partial charge is 0.399 e. The number of hydrogen-bond donors (Lipinski definition) is 1. The molecule has 1 saturated carbocycles. The Balaban J connectivity index is 2.38. The molecule has 0 aromatic heterocycles. The topological polar surface area (TPSA) is 55.4 Å². The average molecular weight is 216 g/mol. The third kappa shape index (κ3) is 2.00. The number of rotatable bonds is 2. The Labute approximate surface area is 95.4 Å². The highest BCUT2D eigenvalue weighted by molar-refractivity contribution is 5.44. The lowest BCUT2D eigenvalue weighted by Crippen LogP contribution is -2.26. The summed E-state index contributed by atoms with van der Waals surface area (Å²) in [6, 6.07) is 7.68. The Kier molecular flexibility index (Phi) is 3.07. The van der Waals surface area contributed by atoms with Gasteiger partial charge in [-0.2, -0.15) is 4.99 Å². The van der Waals surface area contributed by atoms with E-state index in [-0.39, 0.29) is 5.54 Å². The first kappa shape index (κ1) is 10.9. The number of carbonyl (C=O) groups excluding carboxylic acids is 1. The summed E-state index contributed by atoms with van der Waals surface area (Å²) < 4.78 is 0. The van der Waals surface area contributed by atoms with Gasteiger partial charge >= 0.3 is 0 Å². The number of hydrogen-bond acceptors (Lipinski definition) is 3. The summed E-state index contributed by atoms with van der Waals surface area (Å²) in [5.41, 5.74) is 7.15. The maximum atomic E-state index is 10.6. The van der Waals surface area contributed by atoms with Gasteiger partial charge in [0.05, 0.1) is 5.54 Å². The molecule has 0 spiro atoms. The molecule has 3 heteroatoms. The number of aliphatic imine (C=N–C) groups is 1. The Morgan fingerprint density at radius 1 is 1.12 bits per heavy atom. The van der Waals surface area contributed by atoms with E-state index < -0.39 is 0 Å². The fourth-order valence-corrected chi connectivity index (χ4v) is 2.48. The van der Waals surface area contributed by atoms with Gasteiger partial charge in [-0.25, -0.2) is 4.79 Å². The second-order valence-corrected chi connectivity index (χ2v) is 4.42. The number of anilines is 1. The van der Waals surface area contributed by atoms with E-state index in [1.54, 1.807) is 6.08 Å². The number of nitrogens with two attached hydrogens (primary N) is 1. The number of benzene rings is 1. The quantitative estimate of drug-likeness (QED) is 0.469. The number of nitrogen functional groups attached to an aromatic ring is 1. The Morgan fingerprint density at radius 3 is 2.31 bits per heavy atom. The van der Waals surface area contributed by atoms with E-state index in [0.717, 1.165) is 36.9 Å². The van der Waals surface area contributed by atoms with Crippen LogP contribution < -0.4 is 5.73 Å². The smallest absolute Gasteiger partial charge is 0.235 e. The Bertz CT molecular complexity index is 398. The van der Waals surface area contributed by atoms with Crippen LogP contribution in [0.4, 0.5) is 5.69 Å². The van der Waals surface area contributed by atoms with Gasteiger partial charge in [-0.15, -0.1) is 0 Å². The summed E-state index contributed by atoms with van der Waals surface area (Å²) in [6.45, 7) is 0. The third-order valence-electron chi connectivity index (χ3n) is 3.39. The summed E-state index contributed by atoms with van der Waals surface area (Å²) >= 11 is 0. The molecule has 0 bridgehead atoms. The van der Waals surface area contributed by atoms with Crippen molar-refractivity contribution < 1.29 is 4.79 Å². The lowest BCUT2D eigenvalue weighted by atomic mass is 9.77. The van der Waals surface area contributed by atoms with Crippen molar-refractivity contribution in [2.75, 3.05) is 5.73 Å².